The predicted molar refractivity (Wildman–Crippen MR) is 101 cm³/mol. The summed E-state index contributed by atoms with van der Waals surface area (Å²) >= 11 is 0. The van der Waals surface area contributed by atoms with Crippen LogP contribution in [0.3, 0.4) is 0 Å². The average molecular weight is 335 g/mol. The van der Waals surface area contributed by atoms with E-state index in [9.17, 15) is 0 Å². The van der Waals surface area contributed by atoms with E-state index in [2.05, 4.69) is 70.4 Å². The number of nitrogens with two attached hydrogens (primary N) is 1. The second-order valence-electron chi connectivity index (χ2n) is 6.26. The van der Waals surface area contributed by atoms with Crippen molar-refractivity contribution < 1.29 is 0 Å². The number of aryl methyl sites for hydroxylation is 1. The van der Waals surface area contributed by atoms with Gasteiger partial charge in [-0.3, -0.25) is 4.90 Å². The summed E-state index contributed by atoms with van der Waals surface area (Å²) in [6, 6.07) is 17.1. The monoisotopic (exact) mass is 335 g/mol. The number of hydrogen-bond acceptors (Lipinski definition) is 4. The van der Waals surface area contributed by atoms with Crippen molar-refractivity contribution in [2.45, 2.75) is 19.9 Å². The van der Waals surface area contributed by atoms with Crippen LogP contribution in [0, 0.1) is 6.92 Å². The van der Waals surface area contributed by atoms with Gasteiger partial charge in [-0.2, -0.15) is 5.10 Å². The number of rotatable bonds is 8. The van der Waals surface area contributed by atoms with Gasteiger partial charge in [-0.1, -0.05) is 42.5 Å². The first-order chi connectivity index (χ1) is 12.3. The molecular formula is C20H25N5. The normalized spacial score (nSPS) is 11.2. The fourth-order valence-corrected chi connectivity index (χ4v) is 3.05. The molecular weight excluding hydrogens is 310 g/mol. The lowest BCUT2D eigenvalue weighted by atomic mass is 10.1. The summed E-state index contributed by atoms with van der Waals surface area (Å²) in [6.45, 7) is 5.59. The minimum absolute atomic E-state index is 0.671. The van der Waals surface area contributed by atoms with Crippen molar-refractivity contribution in [3.63, 3.8) is 0 Å². The van der Waals surface area contributed by atoms with Crippen LogP contribution in [0.1, 0.15) is 16.7 Å². The van der Waals surface area contributed by atoms with E-state index in [1.165, 1.54) is 16.7 Å². The molecule has 0 fully saturated rings. The van der Waals surface area contributed by atoms with Gasteiger partial charge >= 0.3 is 0 Å². The van der Waals surface area contributed by atoms with Gasteiger partial charge in [-0.25, -0.2) is 9.67 Å². The molecule has 0 aliphatic carbocycles. The summed E-state index contributed by atoms with van der Waals surface area (Å²) in [5.41, 5.74) is 10.7. The molecule has 0 saturated carbocycles. The summed E-state index contributed by atoms with van der Waals surface area (Å²) in [5, 5.41) is 4.21. The molecule has 3 aromatic rings. The minimum Gasteiger partial charge on any atom is -0.329 e. The highest BCUT2D eigenvalue weighted by Crippen LogP contribution is 2.16. The third-order valence-electron chi connectivity index (χ3n) is 4.34. The molecule has 5 heteroatoms. The highest BCUT2D eigenvalue weighted by molar-refractivity contribution is 5.41. The molecule has 0 unspecified atom stereocenters. The topological polar surface area (TPSA) is 60.0 Å². The second kappa shape index (κ2) is 8.55. The van der Waals surface area contributed by atoms with Crippen LogP contribution in [0.2, 0.25) is 0 Å². The molecule has 0 aliphatic heterocycles. The highest BCUT2D eigenvalue weighted by atomic mass is 15.3. The zero-order valence-electron chi connectivity index (χ0n) is 14.7. The van der Waals surface area contributed by atoms with Gasteiger partial charge < -0.3 is 5.73 Å². The van der Waals surface area contributed by atoms with Crippen molar-refractivity contribution in [1.29, 1.82) is 0 Å². The first kappa shape index (κ1) is 17.3. The molecule has 3 rings (SSSR count). The molecule has 0 amide bonds. The molecule has 1 heterocycles. The van der Waals surface area contributed by atoms with Crippen molar-refractivity contribution in [1.82, 2.24) is 19.7 Å². The Kier molecular flexibility index (Phi) is 5.93. The van der Waals surface area contributed by atoms with Gasteiger partial charge in [0.15, 0.2) is 0 Å². The number of hydrogen-bond donors (Lipinski definition) is 1. The largest absolute Gasteiger partial charge is 0.329 e. The Morgan fingerprint density at radius 2 is 1.88 bits per heavy atom. The van der Waals surface area contributed by atoms with Crippen molar-refractivity contribution in [2.75, 3.05) is 19.6 Å². The van der Waals surface area contributed by atoms with E-state index in [4.69, 9.17) is 5.73 Å². The van der Waals surface area contributed by atoms with E-state index in [-0.39, 0.29) is 0 Å². The van der Waals surface area contributed by atoms with E-state index in [1.807, 2.05) is 0 Å². The Balaban J connectivity index is 1.66. The Morgan fingerprint density at radius 1 is 1.04 bits per heavy atom. The maximum atomic E-state index is 5.81. The molecule has 2 N–H and O–H groups in total. The molecule has 0 spiro atoms. The van der Waals surface area contributed by atoms with E-state index in [0.717, 1.165) is 31.7 Å². The maximum Gasteiger partial charge on any atom is 0.138 e. The Hall–Kier alpha value is -2.50. The fraction of sp³-hybridized carbons (Fsp3) is 0.300. The van der Waals surface area contributed by atoms with Gasteiger partial charge in [0, 0.05) is 26.2 Å². The molecule has 5 nitrogen and oxygen atoms in total. The van der Waals surface area contributed by atoms with E-state index in [0.29, 0.717) is 6.54 Å². The fourth-order valence-electron chi connectivity index (χ4n) is 3.05. The molecule has 0 bridgehead atoms. The highest BCUT2D eigenvalue weighted by Gasteiger charge is 2.08. The van der Waals surface area contributed by atoms with Crippen molar-refractivity contribution in [3.05, 3.63) is 77.9 Å². The lowest BCUT2D eigenvalue weighted by Gasteiger charge is -2.22. The van der Waals surface area contributed by atoms with Gasteiger partial charge in [0.05, 0.1) is 5.69 Å². The quantitative estimate of drug-likeness (QED) is 0.687. The summed E-state index contributed by atoms with van der Waals surface area (Å²) in [5.74, 6) is 0. The number of benzene rings is 2. The molecule has 0 atom stereocenters. The van der Waals surface area contributed by atoms with Gasteiger partial charge in [-0.05, 0) is 36.1 Å². The van der Waals surface area contributed by atoms with Crippen LogP contribution in [-0.4, -0.2) is 39.3 Å². The van der Waals surface area contributed by atoms with Crippen LogP contribution in [0.25, 0.3) is 5.69 Å². The van der Waals surface area contributed by atoms with Crippen LogP contribution in [0.15, 0.2) is 61.2 Å². The first-order valence-electron chi connectivity index (χ1n) is 8.67. The molecule has 0 radical (unpaired) electrons. The summed E-state index contributed by atoms with van der Waals surface area (Å²) < 4.78 is 1.80. The smallest absolute Gasteiger partial charge is 0.138 e. The van der Waals surface area contributed by atoms with Crippen LogP contribution in [0.5, 0.6) is 0 Å². The van der Waals surface area contributed by atoms with E-state index in [1.54, 1.807) is 17.3 Å². The van der Waals surface area contributed by atoms with Gasteiger partial charge in [0.25, 0.3) is 0 Å². The average Bonchev–Trinajstić information content (AvgIpc) is 3.15. The van der Waals surface area contributed by atoms with Gasteiger partial charge in [0.2, 0.25) is 0 Å². The third-order valence-corrected chi connectivity index (χ3v) is 4.34. The summed E-state index contributed by atoms with van der Waals surface area (Å²) in [4.78, 5) is 6.43. The predicted octanol–water partition coefficient (Wildman–Crippen LogP) is 2.58. The Bertz CT molecular complexity index is 768. The van der Waals surface area contributed by atoms with Gasteiger partial charge in [-0.15, -0.1) is 0 Å². The minimum atomic E-state index is 0.671. The Labute approximate surface area is 149 Å². The molecule has 2 aromatic carbocycles. The number of aromatic nitrogens is 3. The third kappa shape index (κ3) is 4.75. The molecule has 25 heavy (non-hydrogen) atoms. The zero-order chi connectivity index (χ0) is 17.5. The lowest BCUT2D eigenvalue weighted by molar-refractivity contribution is 0.276. The second-order valence-corrected chi connectivity index (χ2v) is 6.26. The maximum absolute atomic E-state index is 5.81. The first-order valence-corrected chi connectivity index (χ1v) is 8.67. The van der Waals surface area contributed by atoms with Crippen LogP contribution < -0.4 is 5.73 Å². The van der Waals surface area contributed by atoms with Crippen LogP contribution in [0.4, 0.5) is 0 Å². The molecule has 0 aliphatic rings. The SMILES string of the molecule is Cc1cc(CN(CCN)CCc2ccccc2)ccc1-n1cncn1. The molecule has 0 saturated heterocycles. The molecule has 1 aromatic heterocycles. The van der Waals surface area contributed by atoms with Crippen LogP contribution in [-0.2, 0) is 13.0 Å². The summed E-state index contributed by atoms with van der Waals surface area (Å²) in [7, 11) is 0. The molecule has 130 valence electrons. The van der Waals surface area contributed by atoms with Crippen LogP contribution >= 0.6 is 0 Å². The van der Waals surface area contributed by atoms with Crippen molar-refractivity contribution >= 4 is 0 Å². The lowest BCUT2D eigenvalue weighted by Crippen LogP contribution is -2.31. The van der Waals surface area contributed by atoms with Crippen molar-refractivity contribution in [3.8, 4) is 5.69 Å². The number of nitrogens with zero attached hydrogens (tertiary/aromatic N) is 4. The van der Waals surface area contributed by atoms with Crippen molar-refractivity contribution in [2.24, 2.45) is 5.73 Å². The summed E-state index contributed by atoms with van der Waals surface area (Å²) in [6.07, 6.45) is 4.32. The van der Waals surface area contributed by atoms with E-state index < -0.39 is 0 Å². The zero-order valence-corrected chi connectivity index (χ0v) is 14.7. The van der Waals surface area contributed by atoms with Gasteiger partial charge in [0.1, 0.15) is 12.7 Å². The standard InChI is InChI=1S/C20H25N5/c1-17-13-19(7-8-20(17)25-16-22-15-23-25)14-24(12-10-21)11-9-18-5-3-2-4-6-18/h2-8,13,15-16H,9-12,14,21H2,1H3. The Morgan fingerprint density at radius 3 is 2.56 bits per heavy atom. The van der Waals surface area contributed by atoms with E-state index >= 15 is 0 Å².